The molecule has 0 aromatic carbocycles. The van der Waals surface area contributed by atoms with Crippen molar-refractivity contribution in [3.8, 4) is 0 Å². The van der Waals surface area contributed by atoms with E-state index in [2.05, 4.69) is 9.97 Å². The molecule has 2 aromatic heterocycles. The number of pyridine rings is 2. The summed E-state index contributed by atoms with van der Waals surface area (Å²) in [6.45, 7) is 1.84. The predicted octanol–water partition coefficient (Wildman–Crippen LogP) is 1.88. The normalized spacial score (nSPS) is 10.6. The van der Waals surface area contributed by atoms with E-state index >= 15 is 0 Å². The van der Waals surface area contributed by atoms with Gasteiger partial charge in [0, 0.05) is 11.9 Å². The Kier molecular flexibility index (Phi) is 1.81. The van der Waals surface area contributed by atoms with Gasteiger partial charge in [-0.2, -0.15) is 0 Å². The number of fused-ring (bicyclic) bond motifs is 1. The highest BCUT2D eigenvalue weighted by Crippen LogP contribution is 2.18. The Morgan fingerprint density at radius 2 is 2.31 bits per heavy atom. The highest BCUT2D eigenvalue weighted by atomic mass is 35.5. The highest BCUT2D eigenvalue weighted by molar-refractivity contribution is 6.35. The first-order valence-electron chi connectivity index (χ1n) is 3.83. The molecule has 2 aromatic rings. The molecule has 4 heteroatoms. The van der Waals surface area contributed by atoms with Gasteiger partial charge in [0.05, 0.1) is 15.9 Å². The number of rotatable bonds is 0. The summed E-state index contributed by atoms with van der Waals surface area (Å²) < 4.78 is 0. The predicted molar refractivity (Wildman–Crippen MR) is 52.1 cm³/mol. The number of nitrogens with one attached hydrogen (secondary N) is 1. The first-order chi connectivity index (χ1) is 6.18. The summed E-state index contributed by atoms with van der Waals surface area (Å²) >= 11 is 5.91. The van der Waals surface area contributed by atoms with Crippen molar-refractivity contribution in [1.82, 2.24) is 9.97 Å². The lowest BCUT2D eigenvalue weighted by atomic mass is 10.2. The molecule has 0 atom stereocenters. The summed E-state index contributed by atoms with van der Waals surface area (Å²) in [4.78, 5) is 18.1. The Balaban J connectivity index is 3.03. The van der Waals surface area contributed by atoms with Crippen molar-refractivity contribution in [1.29, 1.82) is 0 Å². The molecular weight excluding hydrogens is 188 g/mol. The van der Waals surface area contributed by atoms with Gasteiger partial charge in [0.1, 0.15) is 0 Å². The van der Waals surface area contributed by atoms with Gasteiger partial charge < -0.3 is 4.98 Å². The van der Waals surface area contributed by atoms with Crippen molar-refractivity contribution in [2.75, 3.05) is 0 Å². The van der Waals surface area contributed by atoms with Gasteiger partial charge in [0.25, 0.3) is 5.56 Å². The summed E-state index contributed by atoms with van der Waals surface area (Å²) in [5, 5.41) is 0.902. The monoisotopic (exact) mass is 194 g/mol. The lowest BCUT2D eigenvalue weighted by Gasteiger charge is -1.99. The zero-order valence-corrected chi connectivity index (χ0v) is 7.72. The van der Waals surface area contributed by atoms with Crippen LogP contribution in [0.25, 0.3) is 10.9 Å². The number of halogens is 1. The Bertz CT molecular complexity index is 518. The van der Waals surface area contributed by atoms with Crippen molar-refractivity contribution in [2.45, 2.75) is 6.92 Å². The van der Waals surface area contributed by atoms with Crippen LogP contribution in [0.3, 0.4) is 0 Å². The molecule has 3 nitrogen and oxygen atoms in total. The molecule has 66 valence electrons. The lowest BCUT2D eigenvalue weighted by Crippen LogP contribution is -2.06. The maximum atomic E-state index is 11.3. The van der Waals surface area contributed by atoms with Gasteiger partial charge in [-0.1, -0.05) is 11.6 Å². The quantitative estimate of drug-likeness (QED) is 0.696. The molecular formula is C9H7ClN2O. The van der Waals surface area contributed by atoms with E-state index in [4.69, 9.17) is 11.6 Å². The SMILES string of the molecule is Cc1cc(Cl)c2c(=O)[nH]ccc2n1. The van der Waals surface area contributed by atoms with Gasteiger partial charge in [-0.05, 0) is 19.1 Å². The maximum absolute atomic E-state index is 11.3. The Morgan fingerprint density at radius 3 is 3.08 bits per heavy atom. The number of aromatic amines is 1. The molecule has 0 radical (unpaired) electrons. The molecule has 0 saturated heterocycles. The zero-order valence-electron chi connectivity index (χ0n) is 6.97. The second-order valence-corrected chi connectivity index (χ2v) is 3.22. The minimum Gasteiger partial charge on any atom is -0.328 e. The van der Waals surface area contributed by atoms with Crippen LogP contribution in [-0.4, -0.2) is 9.97 Å². The number of nitrogens with zero attached hydrogens (tertiary/aromatic N) is 1. The molecule has 0 aliphatic carbocycles. The van der Waals surface area contributed by atoms with Crippen LogP contribution >= 0.6 is 11.6 Å². The molecule has 0 bridgehead atoms. The van der Waals surface area contributed by atoms with Gasteiger partial charge in [-0.25, -0.2) is 0 Å². The fraction of sp³-hybridized carbons (Fsp3) is 0.111. The van der Waals surface area contributed by atoms with Crippen LogP contribution in [-0.2, 0) is 0 Å². The first-order valence-corrected chi connectivity index (χ1v) is 4.21. The molecule has 0 spiro atoms. The fourth-order valence-electron chi connectivity index (χ4n) is 1.27. The number of aromatic nitrogens is 2. The molecule has 13 heavy (non-hydrogen) atoms. The minimum absolute atomic E-state index is 0.199. The van der Waals surface area contributed by atoms with Crippen molar-refractivity contribution >= 4 is 22.5 Å². The van der Waals surface area contributed by atoms with E-state index in [9.17, 15) is 4.79 Å². The zero-order chi connectivity index (χ0) is 9.42. The van der Waals surface area contributed by atoms with E-state index in [1.54, 1.807) is 18.3 Å². The third-order valence-electron chi connectivity index (χ3n) is 1.81. The van der Waals surface area contributed by atoms with Crippen LogP contribution in [0.4, 0.5) is 0 Å². The Morgan fingerprint density at radius 1 is 1.54 bits per heavy atom. The summed E-state index contributed by atoms with van der Waals surface area (Å²) in [7, 11) is 0. The molecule has 2 heterocycles. The standard InChI is InChI=1S/C9H7ClN2O/c1-5-4-6(10)8-7(12-5)2-3-11-9(8)13/h2-4H,1H3,(H,11,13). The number of hydrogen-bond acceptors (Lipinski definition) is 2. The van der Waals surface area contributed by atoms with Crippen LogP contribution in [0.1, 0.15) is 5.69 Å². The van der Waals surface area contributed by atoms with E-state index in [0.29, 0.717) is 15.9 Å². The minimum atomic E-state index is -0.199. The van der Waals surface area contributed by atoms with E-state index in [1.165, 1.54) is 0 Å². The van der Waals surface area contributed by atoms with E-state index < -0.39 is 0 Å². The van der Waals surface area contributed by atoms with Crippen LogP contribution in [0, 0.1) is 6.92 Å². The summed E-state index contributed by atoms with van der Waals surface area (Å²) in [5.74, 6) is 0. The molecule has 0 saturated carbocycles. The second kappa shape index (κ2) is 2.85. The van der Waals surface area contributed by atoms with E-state index in [0.717, 1.165) is 5.69 Å². The first kappa shape index (κ1) is 8.26. The van der Waals surface area contributed by atoms with Gasteiger partial charge in [0.15, 0.2) is 0 Å². The molecule has 0 amide bonds. The van der Waals surface area contributed by atoms with Crippen LogP contribution < -0.4 is 5.56 Å². The largest absolute Gasteiger partial charge is 0.328 e. The molecule has 0 aliphatic rings. The summed E-state index contributed by atoms with van der Waals surface area (Å²) in [6.07, 6.45) is 1.56. The van der Waals surface area contributed by atoms with Crippen LogP contribution in [0.2, 0.25) is 5.02 Å². The molecule has 0 fully saturated rings. The van der Waals surface area contributed by atoms with E-state index in [-0.39, 0.29) is 5.56 Å². The number of aryl methyl sites for hydroxylation is 1. The average Bonchev–Trinajstić information content (AvgIpc) is 2.02. The van der Waals surface area contributed by atoms with Gasteiger partial charge in [0.2, 0.25) is 0 Å². The molecule has 0 aliphatic heterocycles. The number of hydrogen-bond donors (Lipinski definition) is 1. The molecule has 2 rings (SSSR count). The third-order valence-corrected chi connectivity index (χ3v) is 2.11. The van der Waals surface area contributed by atoms with Gasteiger partial charge >= 0.3 is 0 Å². The van der Waals surface area contributed by atoms with Crippen molar-refractivity contribution in [3.05, 3.63) is 39.4 Å². The topological polar surface area (TPSA) is 45.8 Å². The summed E-state index contributed by atoms with van der Waals surface area (Å²) in [5.41, 5.74) is 1.24. The smallest absolute Gasteiger partial charge is 0.258 e. The summed E-state index contributed by atoms with van der Waals surface area (Å²) in [6, 6.07) is 3.41. The maximum Gasteiger partial charge on any atom is 0.258 e. The van der Waals surface area contributed by atoms with Crippen molar-refractivity contribution in [3.63, 3.8) is 0 Å². The van der Waals surface area contributed by atoms with Crippen LogP contribution in [0.5, 0.6) is 0 Å². The average molecular weight is 195 g/mol. The fourth-order valence-corrected chi connectivity index (χ4v) is 1.61. The van der Waals surface area contributed by atoms with Gasteiger partial charge in [-0.15, -0.1) is 0 Å². The van der Waals surface area contributed by atoms with Crippen molar-refractivity contribution in [2.24, 2.45) is 0 Å². The van der Waals surface area contributed by atoms with E-state index in [1.807, 2.05) is 6.92 Å². The van der Waals surface area contributed by atoms with Gasteiger partial charge in [-0.3, -0.25) is 9.78 Å². The lowest BCUT2D eigenvalue weighted by molar-refractivity contribution is 1.21. The third kappa shape index (κ3) is 1.31. The van der Waals surface area contributed by atoms with Crippen molar-refractivity contribution < 1.29 is 0 Å². The Hall–Kier alpha value is -1.35. The highest BCUT2D eigenvalue weighted by Gasteiger charge is 2.04. The van der Waals surface area contributed by atoms with Crippen LogP contribution in [0.15, 0.2) is 23.1 Å². The molecule has 0 unspecified atom stereocenters. The number of H-pyrrole nitrogens is 1. The second-order valence-electron chi connectivity index (χ2n) is 2.81. The molecule has 1 N–H and O–H groups in total. The Labute approximate surface area is 79.4 Å².